The lowest BCUT2D eigenvalue weighted by Gasteiger charge is -2.22. The van der Waals surface area contributed by atoms with E-state index < -0.39 is 0 Å². The number of hydrogen-bond donors (Lipinski definition) is 0. The average molecular weight is 423 g/mol. The molecule has 0 radical (unpaired) electrons. The highest BCUT2D eigenvalue weighted by molar-refractivity contribution is 9.10. The summed E-state index contributed by atoms with van der Waals surface area (Å²) in [6, 6.07) is 23.6. The van der Waals surface area contributed by atoms with Crippen molar-refractivity contribution in [2.45, 2.75) is 13.0 Å². The van der Waals surface area contributed by atoms with Gasteiger partial charge in [0.25, 0.3) is 5.91 Å². The van der Waals surface area contributed by atoms with Crippen molar-refractivity contribution in [2.24, 2.45) is 0 Å². The summed E-state index contributed by atoms with van der Waals surface area (Å²) in [5.74, 6) is 0.483. The molecule has 0 aliphatic carbocycles. The van der Waals surface area contributed by atoms with Crippen molar-refractivity contribution in [1.82, 2.24) is 4.90 Å². The van der Waals surface area contributed by atoms with Crippen LogP contribution in [0, 0.1) is 11.3 Å². The van der Waals surface area contributed by atoms with Crippen molar-refractivity contribution in [3.05, 3.63) is 76.8 Å². The number of halogens is 1. The van der Waals surface area contributed by atoms with E-state index in [-0.39, 0.29) is 18.9 Å². The Kier molecular flexibility index (Phi) is 6.45. The maximum Gasteiger partial charge on any atom is 0.260 e. The predicted molar refractivity (Wildman–Crippen MR) is 109 cm³/mol. The second-order valence-electron chi connectivity index (χ2n) is 6.10. The lowest BCUT2D eigenvalue weighted by atomic mass is 10.1. The van der Waals surface area contributed by atoms with Crippen LogP contribution in [0.15, 0.2) is 71.2 Å². The summed E-state index contributed by atoms with van der Waals surface area (Å²) >= 11 is 3.57. The van der Waals surface area contributed by atoms with E-state index in [1.54, 1.807) is 4.90 Å². The molecule has 136 valence electrons. The van der Waals surface area contributed by atoms with Crippen LogP contribution >= 0.6 is 15.9 Å². The van der Waals surface area contributed by atoms with Gasteiger partial charge in [-0.05, 0) is 38.3 Å². The fourth-order valence-electron chi connectivity index (χ4n) is 2.84. The van der Waals surface area contributed by atoms with Crippen LogP contribution in [0.2, 0.25) is 0 Å². The normalized spacial score (nSPS) is 10.4. The van der Waals surface area contributed by atoms with Crippen molar-refractivity contribution in [3.63, 3.8) is 0 Å². The van der Waals surface area contributed by atoms with E-state index in [2.05, 4.69) is 22.0 Å². The topological polar surface area (TPSA) is 53.3 Å². The fraction of sp³-hybridized carbons (Fsp3) is 0.182. The first-order valence-electron chi connectivity index (χ1n) is 8.67. The number of rotatable bonds is 7. The quantitative estimate of drug-likeness (QED) is 0.542. The molecule has 0 atom stereocenters. The minimum Gasteiger partial charge on any atom is -0.483 e. The molecule has 0 unspecified atom stereocenters. The first kappa shape index (κ1) is 18.9. The molecule has 3 aromatic carbocycles. The molecule has 0 saturated carbocycles. The van der Waals surface area contributed by atoms with Gasteiger partial charge in [0.2, 0.25) is 0 Å². The molecule has 4 nitrogen and oxygen atoms in total. The molecule has 0 saturated heterocycles. The summed E-state index contributed by atoms with van der Waals surface area (Å²) in [5, 5.41) is 11.0. The Hall–Kier alpha value is -2.84. The van der Waals surface area contributed by atoms with Crippen LogP contribution in [0.4, 0.5) is 0 Å². The Morgan fingerprint density at radius 3 is 2.56 bits per heavy atom. The van der Waals surface area contributed by atoms with Gasteiger partial charge in [0.05, 0.1) is 17.0 Å². The summed E-state index contributed by atoms with van der Waals surface area (Å²) in [5.41, 5.74) is 1.02. The van der Waals surface area contributed by atoms with Crippen LogP contribution < -0.4 is 4.74 Å². The van der Waals surface area contributed by atoms with Gasteiger partial charge >= 0.3 is 0 Å². The van der Waals surface area contributed by atoms with Crippen LogP contribution in [-0.2, 0) is 11.3 Å². The summed E-state index contributed by atoms with van der Waals surface area (Å²) in [7, 11) is 0. The van der Waals surface area contributed by atoms with Gasteiger partial charge in [0.1, 0.15) is 5.75 Å². The molecule has 5 heteroatoms. The highest BCUT2D eigenvalue weighted by atomic mass is 79.9. The minimum absolute atomic E-state index is 0.0742. The number of carbonyl (C=O) groups excluding carboxylic acids is 1. The van der Waals surface area contributed by atoms with Crippen molar-refractivity contribution >= 4 is 32.6 Å². The van der Waals surface area contributed by atoms with E-state index in [1.165, 1.54) is 0 Å². The molecule has 3 aromatic rings. The van der Waals surface area contributed by atoms with Crippen molar-refractivity contribution in [1.29, 1.82) is 5.26 Å². The standard InChI is InChI=1S/C22H19BrN2O2/c23-22-19-10-5-4-9-18(19)11-12-20(22)27-16-21(26)25(14-6-13-24)15-17-7-2-1-3-8-17/h1-5,7-12H,6,14-16H2. The highest BCUT2D eigenvalue weighted by Gasteiger charge is 2.16. The molecule has 3 rings (SSSR count). The molecule has 0 aliphatic heterocycles. The number of ether oxygens (including phenoxy) is 1. The molecule has 0 heterocycles. The highest BCUT2D eigenvalue weighted by Crippen LogP contribution is 2.33. The third kappa shape index (κ3) is 4.87. The van der Waals surface area contributed by atoms with E-state index in [1.807, 2.05) is 66.7 Å². The molecule has 0 fully saturated rings. The number of nitrogens with zero attached hydrogens (tertiary/aromatic N) is 2. The lowest BCUT2D eigenvalue weighted by Crippen LogP contribution is -2.35. The zero-order valence-electron chi connectivity index (χ0n) is 14.8. The number of carbonyl (C=O) groups is 1. The van der Waals surface area contributed by atoms with Crippen LogP contribution in [0.25, 0.3) is 10.8 Å². The molecule has 1 amide bonds. The van der Waals surface area contributed by atoms with Gasteiger partial charge in [0.15, 0.2) is 6.61 Å². The number of benzene rings is 3. The number of fused-ring (bicyclic) bond motifs is 1. The molecule has 0 N–H and O–H groups in total. The molecular weight excluding hydrogens is 404 g/mol. The zero-order chi connectivity index (χ0) is 19.1. The summed E-state index contributed by atoms with van der Waals surface area (Å²) < 4.78 is 6.62. The average Bonchev–Trinajstić information content (AvgIpc) is 2.71. The molecule has 0 bridgehead atoms. The number of hydrogen-bond acceptors (Lipinski definition) is 3. The Morgan fingerprint density at radius 2 is 1.78 bits per heavy atom. The monoisotopic (exact) mass is 422 g/mol. The molecule has 27 heavy (non-hydrogen) atoms. The van der Waals surface area contributed by atoms with Crippen LogP contribution in [0.3, 0.4) is 0 Å². The summed E-state index contributed by atoms with van der Waals surface area (Å²) in [4.78, 5) is 14.3. The Bertz CT molecular complexity index is 967. The summed E-state index contributed by atoms with van der Waals surface area (Å²) in [6.07, 6.45) is 0.290. The minimum atomic E-state index is -0.144. The molecule has 0 spiro atoms. The van der Waals surface area contributed by atoms with Crippen LogP contribution in [-0.4, -0.2) is 24.0 Å². The second kappa shape index (κ2) is 9.20. The smallest absolute Gasteiger partial charge is 0.260 e. The van der Waals surface area contributed by atoms with Crippen molar-refractivity contribution < 1.29 is 9.53 Å². The first-order chi connectivity index (χ1) is 13.2. The largest absolute Gasteiger partial charge is 0.483 e. The Balaban J connectivity index is 1.70. The summed E-state index contributed by atoms with van der Waals surface area (Å²) in [6.45, 7) is 0.769. The third-order valence-corrected chi connectivity index (χ3v) is 5.06. The van der Waals surface area contributed by atoms with Crippen molar-refractivity contribution in [2.75, 3.05) is 13.2 Å². The zero-order valence-corrected chi connectivity index (χ0v) is 16.4. The number of amides is 1. The maximum absolute atomic E-state index is 12.7. The van der Waals surface area contributed by atoms with Crippen LogP contribution in [0.5, 0.6) is 5.75 Å². The van der Waals surface area contributed by atoms with Gasteiger partial charge < -0.3 is 9.64 Å². The van der Waals surface area contributed by atoms with Crippen LogP contribution in [0.1, 0.15) is 12.0 Å². The van der Waals surface area contributed by atoms with Gasteiger partial charge in [-0.25, -0.2) is 0 Å². The SMILES string of the molecule is N#CCCN(Cc1ccccc1)C(=O)COc1ccc2ccccc2c1Br. The molecule has 0 aliphatic rings. The van der Waals surface area contributed by atoms with E-state index >= 15 is 0 Å². The maximum atomic E-state index is 12.7. The second-order valence-corrected chi connectivity index (χ2v) is 6.89. The van der Waals surface area contributed by atoms with E-state index in [9.17, 15) is 4.79 Å². The van der Waals surface area contributed by atoms with E-state index in [4.69, 9.17) is 10.00 Å². The van der Waals surface area contributed by atoms with E-state index in [0.29, 0.717) is 18.8 Å². The lowest BCUT2D eigenvalue weighted by molar-refractivity contribution is -0.133. The van der Waals surface area contributed by atoms with Gasteiger partial charge in [0, 0.05) is 13.1 Å². The Morgan fingerprint density at radius 1 is 1.04 bits per heavy atom. The Labute approximate surface area is 167 Å². The molecule has 0 aromatic heterocycles. The van der Waals surface area contributed by atoms with Gasteiger partial charge in [-0.1, -0.05) is 60.7 Å². The first-order valence-corrected chi connectivity index (χ1v) is 9.47. The molecular formula is C22H19BrN2O2. The third-order valence-electron chi connectivity index (χ3n) is 4.24. The van der Waals surface area contributed by atoms with Gasteiger partial charge in [-0.15, -0.1) is 0 Å². The van der Waals surface area contributed by atoms with Gasteiger partial charge in [-0.3, -0.25) is 4.79 Å². The predicted octanol–water partition coefficient (Wildman–Crippen LogP) is 4.92. The number of nitriles is 1. The van der Waals surface area contributed by atoms with E-state index in [0.717, 1.165) is 20.8 Å². The fourth-order valence-corrected chi connectivity index (χ4v) is 3.44. The van der Waals surface area contributed by atoms with Crippen molar-refractivity contribution in [3.8, 4) is 11.8 Å². The van der Waals surface area contributed by atoms with Gasteiger partial charge in [-0.2, -0.15) is 5.26 Å².